The Hall–Kier alpha value is -1.94. The zero-order valence-electron chi connectivity index (χ0n) is 11.2. The Balaban J connectivity index is 2.24. The minimum atomic E-state index is -0.509. The minimum absolute atomic E-state index is 0.353. The fourth-order valence-corrected chi connectivity index (χ4v) is 2.89. The van der Waals surface area contributed by atoms with Gasteiger partial charge in [-0.15, -0.1) is 0 Å². The van der Waals surface area contributed by atoms with Crippen LogP contribution in [-0.4, -0.2) is 0 Å². The van der Waals surface area contributed by atoms with Crippen molar-refractivity contribution in [1.82, 2.24) is 5.43 Å². The number of hydrogen-bond donors (Lipinski definition) is 2. The molecule has 0 radical (unpaired) electrons. The second kappa shape index (κ2) is 5.82. The number of rotatable bonds is 3. The van der Waals surface area contributed by atoms with Gasteiger partial charge in [-0.25, -0.2) is 9.82 Å². The molecule has 0 spiro atoms. The lowest BCUT2D eigenvalue weighted by atomic mass is 9.94. The maximum absolute atomic E-state index is 14.2. The molecule has 3 N–H and O–H groups in total. The predicted octanol–water partition coefficient (Wildman–Crippen LogP) is 4.19. The quantitative estimate of drug-likeness (QED) is 0.562. The van der Waals surface area contributed by atoms with Crippen LogP contribution in [0, 0.1) is 5.82 Å². The number of hydrazine groups is 1. The standard InChI is InChI=1S/C17H14ClFN2/c18-14-9-4-10-15(19)16(14)17(21-20)13-8-3-6-11-5-1-2-7-12(11)13/h1-10,17,21H,20H2. The Bertz CT molecular complexity index is 763. The molecule has 0 aromatic heterocycles. The monoisotopic (exact) mass is 300 g/mol. The molecule has 0 aliphatic heterocycles. The van der Waals surface area contributed by atoms with E-state index >= 15 is 0 Å². The van der Waals surface area contributed by atoms with E-state index in [1.54, 1.807) is 12.1 Å². The highest BCUT2D eigenvalue weighted by atomic mass is 35.5. The average molecular weight is 301 g/mol. The van der Waals surface area contributed by atoms with Crippen LogP contribution in [-0.2, 0) is 0 Å². The third kappa shape index (κ3) is 2.51. The van der Waals surface area contributed by atoms with E-state index < -0.39 is 6.04 Å². The molecule has 1 unspecified atom stereocenters. The number of hydrogen-bond acceptors (Lipinski definition) is 2. The van der Waals surface area contributed by atoms with E-state index in [0.717, 1.165) is 16.3 Å². The van der Waals surface area contributed by atoms with Crippen LogP contribution in [0.3, 0.4) is 0 Å². The molecular formula is C17H14ClFN2. The SMILES string of the molecule is NNC(c1c(F)cccc1Cl)c1cccc2ccccc12. The first-order chi connectivity index (χ1) is 10.2. The molecule has 106 valence electrons. The van der Waals surface area contributed by atoms with Gasteiger partial charge in [0.15, 0.2) is 0 Å². The summed E-state index contributed by atoms with van der Waals surface area (Å²) in [6.07, 6.45) is 0. The molecule has 4 heteroatoms. The topological polar surface area (TPSA) is 38.0 Å². The van der Waals surface area contributed by atoms with Crippen LogP contribution in [0.25, 0.3) is 10.8 Å². The molecule has 3 aromatic rings. The van der Waals surface area contributed by atoms with E-state index in [4.69, 9.17) is 17.4 Å². The Morgan fingerprint density at radius 2 is 1.67 bits per heavy atom. The Kier molecular flexibility index (Phi) is 3.88. The first-order valence-corrected chi connectivity index (χ1v) is 6.98. The molecule has 3 rings (SSSR count). The summed E-state index contributed by atoms with van der Waals surface area (Å²) in [5, 5.41) is 2.44. The molecule has 0 aliphatic carbocycles. The molecule has 3 aromatic carbocycles. The smallest absolute Gasteiger partial charge is 0.129 e. The van der Waals surface area contributed by atoms with Gasteiger partial charge in [0.1, 0.15) is 5.82 Å². The Labute approximate surface area is 127 Å². The molecule has 0 amide bonds. The molecule has 0 aliphatic rings. The zero-order valence-corrected chi connectivity index (χ0v) is 11.9. The summed E-state index contributed by atoms with van der Waals surface area (Å²) in [6.45, 7) is 0. The number of nitrogens with two attached hydrogens (primary N) is 1. The lowest BCUT2D eigenvalue weighted by Gasteiger charge is -2.20. The Morgan fingerprint density at radius 1 is 0.952 bits per heavy atom. The first-order valence-electron chi connectivity index (χ1n) is 6.60. The van der Waals surface area contributed by atoms with Gasteiger partial charge in [-0.3, -0.25) is 5.84 Å². The van der Waals surface area contributed by atoms with Crippen LogP contribution in [0.1, 0.15) is 17.2 Å². The molecule has 0 saturated heterocycles. The van der Waals surface area contributed by atoms with Crippen molar-refractivity contribution in [3.8, 4) is 0 Å². The maximum atomic E-state index is 14.2. The van der Waals surface area contributed by atoms with Crippen molar-refractivity contribution in [3.05, 3.63) is 82.6 Å². The lowest BCUT2D eigenvalue weighted by molar-refractivity contribution is 0.562. The van der Waals surface area contributed by atoms with Crippen LogP contribution < -0.4 is 11.3 Å². The van der Waals surface area contributed by atoms with E-state index in [1.807, 2.05) is 42.5 Å². The summed E-state index contributed by atoms with van der Waals surface area (Å²) in [7, 11) is 0. The van der Waals surface area contributed by atoms with Crippen LogP contribution in [0.2, 0.25) is 5.02 Å². The molecular weight excluding hydrogens is 287 g/mol. The number of fused-ring (bicyclic) bond motifs is 1. The predicted molar refractivity (Wildman–Crippen MR) is 84.5 cm³/mol. The molecule has 21 heavy (non-hydrogen) atoms. The summed E-state index contributed by atoms with van der Waals surface area (Å²) in [6, 6.07) is 17.9. The summed E-state index contributed by atoms with van der Waals surface area (Å²) in [4.78, 5) is 0. The van der Waals surface area contributed by atoms with Crippen molar-refractivity contribution in [2.24, 2.45) is 5.84 Å². The van der Waals surface area contributed by atoms with Crippen molar-refractivity contribution in [2.75, 3.05) is 0 Å². The second-order valence-corrected chi connectivity index (χ2v) is 5.21. The summed E-state index contributed by atoms with van der Waals surface area (Å²) >= 11 is 6.17. The summed E-state index contributed by atoms with van der Waals surface area (Å²) in [5.74, 6) is 5.31. The first kappa shape index (κ1) is 14.0. The van der Waals surface area contributed by atoms with E-state index in [1.165, 1.54) is 6.07 Å². The molecule has 0 fully saturated rings. The zero-order chi connectivity index (χ0) is 14.8. The average Bonchev–Trinajstić information content (AvgIpc) is 2.51. The van der Waals surface area contributed by atoms with Gasteiger partial charge in [-0.1, -0.05) is 60.1 Å². The van der Waals surface area contributed by atoms with Crippen molar-refractivity contribution in [2.45, 2.75) is 6.04 Å². The van der Waals surface area contributed by atoms with Gasteiger partial charge >= 0.3 is 0 Å². The van der Waals surface area contributed by atoms with Gasteiger partial charge in [-0.05, 0) is 28.5 Å². The van der Waals surface area contributed by atoms with E-state index in [9.17, 15) is 4.39 Å². The van der Waals surface area contributed by atoms with Gasteiger partial charge < -0.3 is 0 Å². The van der Waals surface area contributed by atoms with Crippen LogP contribution in [0.15, 0.2) is 60.7 Å². The maximum Gasteiger partial charge on any atom is 0.129 e. The van der Waals surface area contributed by atoms with Crippen LogP contribution in [0.5, 0.6) is 0 Å². The van der Waals surface area contributed by atoms with E-state index in [2.05, 4.69) is 5.43 Å². The fourth-order valence-electron chi connectivity index (χ4n) is 2.62. The number of nitrogens with one attached hydrogen (secondary N) is 1. The van der Waals surface area contributed by atoms with Crippen molar-refractivity contribution in [1.29, 1.82) is 0 Å². The third-order valence-electron chi connectivity index (χ3n) is 3.59. The Morgan fingerprint density at radius 3 is 2.43 bits per heavy atom. The van der Waals surface area contributed by atoms with Gasteiger partial charge in [0.2, 0.25) is 0 Å². The highest BCUT2D eigenvalue weighted by molar-refractivity contribution is 6.31. The molecule has 2 nitrogen and oxygen atoms in total. The van der Waals surface area contributed by atoms with Crippen molar-refractivity contribution < 1.29 is 4.39 Å². The summed E-state index contributed by atoms with van der Waals surface area (Å²) in [5.41, 5.74) is 3.93. The van der Waals surface area contributed by atoms with E-state index in [0.29, 0.717) is 10.6 Å². The van der Waals surface area contributed by atoms with Gasteiger partial charge in [0.25, 0.3) is 0 Å². The van der Waals surface area contributed by atoms with Gasteiger partial charge in [-0.2, -0.15) is 0 Å². The highest BCUT2D eigenvalue weighted by Crippen LogP contribution is 2.33. The van der Waals surface area contributed by atoms with Crippen molar-refractivity contribution in [3.63, 3.8) is 0 Å². The molecule has 0 heterocycles. The second-order valence-electron chi connectivity index (χ2n) is 4.80. The third-order valence-corrected chi connectivity index (χ3v) is 3.92. The van der Waals surface area contributed by atoms with Gasteiger partial charge in [0, 0.05) is 10.6 Å². The fraction of sp³-hybridized carbons (Fsp3) is 0.0588. The lowest BCUT2D eigenvalue weighted by Crippen LogP contribution is -2.30. The number of benzene rings is 3. The molecule has 0 saturated carbocycles. The molecule has 1 atom stereocenters. The van der Waals surface area contributed by atoms with Crippen LogP contribution in [0.4, 0.5) is 4.39 Å². The molecule has 0 bridgehead atoms. The normalized spacial score (nSPS) is 12.5. The highest BCUT2D eigenvalue weighted by Gasteiger charge is 2.21. The number of halogens is 2. The summed E-state index contributed by atoms with van der Waals surface area (Å²) < 4.78 is 14.2. The largest absolute Gasteiger partial charge is 0.271 e. The minimum Gasteiger partial charge on any atom is -0.271 e. The van der Waals surface area contributed by atoms with E-state index in [-0.39, 0.29) is 5.82 Å². The van der Waals surface area contributed by atoms with Gasteiger partial charge in [0.05, 0.1) is 6.04 Å². The van der Waals surface area contributed by atoms with Crippen LogP contribution >= 0.6 is 11.6 Å². The van der Waals surface area contributed by atoms with Crippen molar-refractivity contribution >= 4 is 22.4 Å².